The number of hydrogen-bond donors (Lipinski definition) is 3. The third-order valence-corrected chi connectivity index (χ3v) is 5.73. The molecule has 5 heteroatoms. The molecule has 0 aromatic heterocycles. The van der Waals surface area contributed by atoms with Crippen molar-refractivity contribution in [1.82, 2.24) is 10.6 Å². The average Bonchev–Trinajstić information content (AvgIpc) is 3.44. The van der Waals surface area contributed by atoms with Crippen molar-refractivity contribution >= 4 is 12.2 Å². The summed E-state index contributed by atoms with van der Waals surface area (Å²) >= 11 is 0. The molecule has 26 heavy (non-hydrogen) atoms. The summed E-state index contributed by atoms with van der Waals surface area (Å²) in [6, 6.07) is 11.0. The van der Waals surface area contributed by atoms with Gasteiger partial charge in [0.1, 0.15) is 0 Å². The van der Waals surface area contributed by atoms with E-state index >= 15 is 0 Å². The van der Waals surface area contributed by atoms with Crippen molar-refractivity contribution in [3.8, 4) is 0 Å². The molecule has 1 saturated heterocycles. The summed E-state index contributed by atoms with van der Waals surface area (Å²) in [4.78, 5) is 10.9. The first-order valence-electron chi connectivity index (χ1n) is 9.65. The summed E-state index contributed by atoms with van der Waals surface area (Å²) in [6.45, 7) is 4.99. The van der Waals surface area contributed by atoms with E-state index in [2.05, 4.69) is 47.9 Å². The Labute approximate surface area is 155 Å². The minimum atomic E-state index is -0.945. The molecule has 1 aromatic carbocycles. The fraction of sp³-hybridized carbons (Fsp3) is 0.571. The smallest absolute Gasteiger partial charge is 0.404 e. The highest BCUT2D eigenvalue weighted by Gasteiger charge is 2.41. The van der Waals surface area contributed by atoms with Crippen LogP contribution in [0.5, 0.6) is 0 Å². The number of carbonyl (C=O) groups is 1. The third-order valence-electron chi connectivity index (χ3n) is 5.73. The van der Waals surface area contributed by atoms with Crippen molar-refractivity contribution in [2.24, 2.45) is 11.3 Å². The second kappa shape index (κ2) is 8.69. The van der Waals surface area contributed by atoms with Crippen LogP contribution in [0.2, 0.25) is 0 Å². The molecule has 1 aliphatic heterocycles. The first-order valence-corrected chi connectivity index (χ1v) is 9.65. The lowest BCUT2D eigenvalue weighted by molar-refractivity contribution is 0.0151. The predicted molar refractivity (Wildman–Crippen MR) is 103 cm³/mol. The Morgan fingerprint density at radius 3 is 2.65 bits per heavy atom. The van der Waals surface area contributed by atoms with Gasteiger partial charge in [-0.15, -0.1) is 0 Å². The molecule has 1 aromatic rings. The van der Waals surface area contributed by atoms with E-state index in [0.29, 0.717) is 31.7 Å². The van der Waals surface area contributed by atoms with Gasteiger partial charge < -0.3 is 20.5 Å². The van der Waals surface area contributed by atoms with Gasteiger partial charge >= 0.3 is 6.09 Å². The van der Waals surface area contributed by atoms with Gasteiger partial charge in [0, 0.05) is 37.8 Å². The van der Waals surface area contributed by atoms with Gasteiger partial charge in [-0.3, -0.25) is 0 Å². The van der Waals surface area contributed by atoms with Gasteiger partial charge in [-0.25, -0.2) is 4.79 Å². The maximum atomic E-state index is 10.9. The molecule has 1 amide bonds. The van der Waals surface area contributed by atoms with Crippen molar-refractivity contribution in [3.05, 3.63) is 41.5 Å². The van der Waals surface area contributed by atoms with Crippen molar-refractivity contribution in [3.63, 3.8) is 0 Å². The van der Waals surface area contributed by atoms with Crippen LogP contribution in [0.25, 0.3) is 6.08 Å². The Bertz CT molecular complexity index is 623. The lowest BCUT2D eigenvalue weighted by Gasteiger charge is -2.37. The Morgan fingerprint density at radius 2 is 2.00 bits per heavy atom. The lowest BCUT2D eigenvalue weighted by Crippen LogP contribution is -2.47. The molecule has 3 N–H and O–H groups in total. The molecular weight excluding hydrogens is 328 g/mol. The summed E-state index contributed by atoms with van der Waals surface area (Å²) < 4.78 is 5.49. The standard InChI is InChI=1S/C21H30N2O3/c1-2-17(12-16-6-4-3-5-7-16)18-13-19(18)22-14-21(15-23-20(24)25)8-10-26-11-9-21/h3-7,12,18-19,22-23H,2,8-11,13-15H2,1H3,(H,24,25)/b17-12+/t18-,19+/m0/s1. The van der Waals surface area contributed by atoms with Crippen molar-refractivity contribution in [1.29, 1.82) is 0 Å². The molecule has 0 radical (unpaired) electrons. The fourth-order valence-corrected chi connectivity index (χ4v) is 3.90. The van der Waals surface area contributed by atoms with Crippen molar-refractivity contribution < 1.29 is 14.6 Å². The van der Waals surface area contributed by atoms with Crippen LogP contribution in [0.15, 0.2) is 35.9 Å². The van der Waals surface area contributed by atoms with E-state index in [1.807, 2.05) is 6.07 Å². The molecular formula is C21H30N2O3. The number of ether oxygens (including phenoxy) is 1. The van der Waals surface area contributed by atoms with Crippen LogP contribution in [0, 0.1) is 11.3 Å². The summed E-state index contributed by atoms with van der Waals surface area (Å²) in [5, 5.41) is 15.3. The molecule has 2 aliphatic rings. The van der Waals surface area contributed by atoms with Gasteiger partial charge in [0.05, 0.1) is 0 Å². The predicted octanol–water partition coefficient (Wildman–Crippen LogP) is 3.52. The zero-order valence-corrected chi connectivity index (χ0v) is 15.5. The summed E-state index contributed by atoms with van der Waals surface area (Å²) in [7, 11) is 0. The average molecular weight is 358 g/mol. The number of benzene rings is 1. The molecule has 2 fully saturated rings. The van der Waals surface area contributed by atoms with Crippen LogP contribution in [-0.2, 0) is 4.74 Å². The molecule has 1 heterocycles. The van der Waals surface area contributed by atoms with E-state index in [0.717, 1.165) is 25.8 Å². The Morgan fingerprint density at radius 1 is 1.27 bits per heavy atom. The maximum Gasteiger partial charge on any atom is 0.404 e. The van der Waals surface area contributed by atoms with E-state index in [4.69, 9.17) is 9.84 Å². The summed E-state index contributed by atoms with van der Waals surface area (Å²) in [6.07, 6.45) is 5.42. The largest absolute Gasteiger partial charge is 0.465 e. The molecule has 0 bridgehead atoms. The molecule has 5 nitrogen and oxygen atoms in total. The normalized spacial score (nSPS) is 24.9. The van der Waals surface area contributed by atoms with Crippen molar-refractivity contribution in [2.75, 3.05) is 26.3 Å². The molecule has 2 atom stereocenters. The zero-order valence-electron chi connectivity index (χ0n) is 15.5. The van der Waals surface area contributed by atoms with Gasteiger partial charge in [0.15, 0.2) is 0 Å². The number of carboxylic acid groups (broad SMARTS) is 1. The first kappa shape index (κ1) is 18.9. The fourth-order valence-electron chi connectivity index (χ4n) is 3.90. The SMILES string of the molecule is CC/C(=C\c1ccccc1)[C@@H]1C[C@H]1NCC1(CNC(=O)O)CCOCC1. The molecule has 1 saturated carbocycles. The summed E-state index contributed by atoms with van der Waals surface area (Å²) in [5.41, 5.74) is 2.74. The van der Waals surface area contributed by atoms with Crippen LogP contribution in [0.4, 0.5) is 4.79 Å². The van der Waals surface area contributed by atoms with Gasteiger partial charge in [0.2, 0.25) is 0 Å². The van der Waals surface area contributed by atoms with E-state index in [9.17, 15) is 4.79 Å². The van der Waals surface area contributed by atoms with Gasteiger partial charge in [-0.1, -0.05) is 48.9 Å². The lowest BCUT2D eigenvalue weighted by atomic mass is 9.80. The zero-order chi connectivity index (χ0) is 18.4. The second-order valence-corrected chi connectivity index (χ2v) is 7.58. The topological polar surface area (TPSA) is 70.6 Å². The number of rotatable bonds is 8. The maximum absolute atomic E-state index is 10.9. The highest BCUT2D eigenvalue weighted by molar-refractivity contribution is 5.64. The van der Waals surface area contributed by atoms with E-state index in [1.165, 1.54) is 17.6 Å². The first-order chi connectivity index (χ1) is 12.6. The van der Waals surface area contributed by atoms with Crippen molar-refractivity contribution in [2.45, 2.75) is 38.6 Å². The quantitative estimate of drug-likeness (QED) is 0.665. The molecule has 1 aliphatic carbocycles. The molecule has 0 unspecified atom stereocenters. The number of nitrogens with one attached hydrogen (secondary N) is 2. The van der Waals surface area contributed by atoms with Gasteiger partial charge in [-0.05, 0) is 37.2 Å². The molecule has 3 rings (SSSR count). The summed E-state index contributed by atoms with van der Waals surface area (Å²) in [5.74, 6) is 0.601. The van der Waals surface area contributed by atoms with Crippen LogP contribution in [-0.4, -0.2) is 43.5 Å². The van der Waals surface area contributed by atoms with Crippen LogP contribution in [0.1, 0.15) is 38.2 Å². The second-order valence-electron chi connectivity index (χ2n) is 7.58. The monoisotopic (exact) mass is 358 g/mol. The van der Waals surface area contributed by atoms with Gasteiger partial charge in [-0.2, -0.15) is 0 Å². The molecule has 142 valence electrons. The van der Waals surface area contributed by atoms with E-state index in [1.54, 1.807) is 0 Å². The third kappa shape index (κ3) is 5.08. The highest BCUT2D eigenvalue weighted by Crippen LogP contribution is 2.40. The Kier molecular flexibility index (Phi) is 6.33. The minimum Gasteiger partial charge on any atom is -0.465 e. The molecule has 0 spiro atoms. The Hall–Kier alpha value is -1.85. The van der Waals surface area contributed by atoms with Crippen LogP contribution in [0.3, 0.4) is 0 Å². The Balaban J connectivity index is 1.56. The number of amides is 1. The highest BCUT2D eigenvalue weighted by atomic mass is 16.5. The number of hydrogen-bond acceptors (Lipinski definition) is 3. The van der Waals surface area contributed by atoms with E-state index < -0.39 is 6.09 Å². The van der Waals surface area contributed by atoms with Crippen LogP contribution < -0.4 is 10.6 Å². The minimum absolute atomic E-state index is 0.0285. The van der Waals surface area contributed by atoms with Gasteiger partial charge in [0.25, 0.3) is 0 Å². The van der Waals surface area contributed by atoms with E-state index in [-0.39, 0.29) is 5.41 Å². The van der Waals surface area contributed by atoms with Crippen LogP contribution >= 0.6 is 0 Å².